The number of nitrogens with zero attached hydrogens (tertiary/aromatic N) is 3. The highest BCUT2D eigenvalue weighted by Crippen LogP contribution is 2.32. The van der Waals surface area contributed by atoms with E-state index >= 15 is 0 Å². The lowest BCUT2D eigenvalue weighted by Gasteiger charge is -2.15. The first kappa shape index (κ1) is 16.2. The number of rotatable bonds is 4. The third-order valence-corrected chi connectivity index (χ3v) is 2.24. The molecule has 1 aromatic heterocycles. The second kappa shape index (κ2) is 5.67. The molecule has 0 radical (unpaired) electrons. The molecule has 1 unspecified atom stereocenters. The van der Waals surface area contributed by atoms with Gasteiger partial charge in [-0.3, -0.25) is 0 Å². The Hall–Kier alpha value is -1.81. The van der Waals surface area contributed by atoms with Gasteiger partial charge in [0.2, 0.25) is 11.9 Å². The van der Waals surface area contributed by atoms with E-state index in [9.17, 15) is 26.3 Å². The minimum atomic E-state index is -4.59. The lowest BCUT2D eigenvalue weighted by atomic mass is 10.1. The van der Waals surface area contributed by atoms with Gasteiger partial charge < -0.3 is 11.1 Å². The molecule has 20 heavy (non-hydrogen) atoms. The van der Waals surface area contributed by atoms with Crippen LogP contribution in [0.1, 0.15) is 25.1 Å². The highest BCUT2D eigenvalue weighted by Gasteiger charge is 2.39. The van der Waals surface area contributed by atoms with Gasteiger partial charge in [0.1, 0.15) is 11.7 Å². The van der Waals surface area contributed by atoms with Crippen LogP contribution in [0.2, 0.25) is 0 Å². The van der Waals surface area contributed by atoms with E-state index in [1.165, 1.54) is 0 Å². The maximum atomic E-state index is 12.5. The summed E-state index contributed by atoms with van der Waals surface area (Å²) in [5.74, 6) is -3.58. The Morgan fingerprint density at radius 2 is 1.70 bits per heavy atom. The molecule has 0 saturated carbocycles. The molecule has 11 heteroatoms. The zero-order valence-corrected chi connectivity index (χ0v) is 10.2. The van der Waals surface area contributed by atoms with E-state index in [-0.39, 0.29) is 0 Å². The molecule has 1 aromatic rings. The third kappa shape index (κ3) is 5.05. The number of hydrogen-bond acceptors (Lipinski definition) is 5. The van der Waals surface area contributed by atoms with E-state index in [1.807, 2.05) is 0 Å². The van der Waals surface area contributed by atoms with Crippen molar-refractivity contribution in [3.05, 3.63) is 5.82 Å². The number of anilines is 2. The Morgan fingerprint density at radius 1 is 1.10 bits per heavy atom. The predicted molar refractivity (Wildman–Crippen MR) is 57.9 cm³/mol. The first-order valence-electron chi connectivity index (χ1n) is 5.38. The van der Waals surface area contributed by atoms with Gasteiger partial charge in [-0.05, 0) is 6.92 Å². The molecule has 1 heterocycles. The predicted octanol–water partition coefficient (Wildman–Crippen LogP) is 2.48. The zero-order chi connectivity index (χ0) is 15.6. The number of alkyl halides is 6. The average molecular weight is 303 g/mol. The van der Waals surface area contributed by atoms with Crippen molar-refractivity contribution in [1.82, 2.24) is 15.0 Å². The number of aromatic nitrogens is 3. The van der Waals surface area contributed by atoms with Gasteiger partial charge in [0.25, 0.3) is 0 Å². The summed E-state index contributed by atoms with van der Waals surface area (Å²) < 4.78 is 73.3. The van der Waals surface area contributed by atoms with Crippen LogP contribution in [-0.2, 0) is 0 Å². The van der Waals surface area contributed by atoms with Crippen molar-refractivity contribution in [1.29, 1.82) is 0 Å². The van der Waals surface area contributed by atoms with E-state index in [0.717, 1.165) is 6.92 Å². The minimum absolute atomic E-state index is 0.423. The fourth-order valence-electron chi connectivity index (χ4n) is 1.14. The zero-order valence-electron chi connectivity index (χ0n) is 10.2. The van der Waals surface area contributed by atoms with Crippen molar-refractivity contribution >= 4 is 11.9 Å². The van der Waals surface area contributed by atoms with Crippen LogP contribution in [0.15, 0.2) is 0 Å². The van der Waals surface area contributed by atoms with Crippen molar-refractivity contribution in [3.8, 4) is 0 Å². The van der Waals surface area contributed by atoms with E-state index < -0.39 is 49.0 Å². The molecule has 5 nitrogen and oxygen atoms in total. The summed E-state index contributed by atoms with van der Waals surface area (Å²) in [7, 11) is 0. The molecular formula is C9H11F6N5. The van der Waals surface area contributed by atoms with Crippen molar-refractivity contribution in [2.45, 2.75) is 31.6 Å². The largest absolute Gasteiger partial charge is 0.398 e. The Bertz CT molecular complexity index is 457. The summed E-state index contributed by atoms with van der Waals surface area (Å²) in [6.07, 6.45) is -10.2. The van der Waals surface area contributed by atoms with Crippen molar-refractivity contribution < 1.29 is 26.3 Å². The lowest BCUT2D eigenvalue weighted by molar-refractivity contribution is -0.147. The molecule has 0 fully saturated rings. The van der Waals surface area contributed by atoms with Crippen molar-refractivity contribution in [2.75, 3.05) is 17.6 Å². The summed E-state index contributed by atoms with van der Waals surface area (Å²) in [6, 6.07) is 0. The number of nitrogen functional groups attached to an aromatic ring is 1. The Balaban J connectivity index is 2.82. The average Bonchev–Trinajstić information content (AvgIpc) is 2.24. The topological polar surface area (TPSA) is 76.7 Å². The number of nitrogens with two attached hydrogens (primary N) is 1. The SMILES string of the molecule is CC(c1nc(N)nc(NCCC(F)(F)F)n1)C(F)(F)F. The fraction of sp³-hybridized carbons (Fsp3) is 0.667. The second-order valence-corrected chi connectivity index (χ2v) is 3.93. The molecule has 0 amide bonds. The summed E-state index contributed by atoms with van der Waals surface area (Å²) in [5, 5.41) is 2.16. The maximum Gasteiger partial charge on any atom is 0.398 e. The normalized spacial score (nSPS) is 14.2. The van der Waals surface area contributed by atoms with Crippen molar-refractivity contribution in [2.24, 2.45) is 0 Å². The third-order valence-electron chi connectivity index (χ3n) is 2.24. The number of hydrogen-bond donors (Lipinski definition) is 2. The van der Waals surface area contributed by atoms with Crippen LogP contribution in [0.4, 0.5) is 38.2 Å². The smallest absolute Gasteiger partial charge is 0.368 e. The van der Waals surface area contributed by atoms with E-state index in [1.54, 1.807) is 0 Å². The molecular weight excluding hydrogens is 292 g/mol. The van der Waals surface area contributed by atoms with Crippen LogP contribution < -0.4 is 11.1 Å². The molecule has 0 aliphatic heterocycles. The summed E-state index contributed by atoms with van der Waals surface area (Å²) in [6.45, 7) is 0.237. The van der Waals surface area contributed by atoms with E-state index in [2.05, 4.69) is 20.3 Å². The Labute approximate surface area is 109 Å². The molecule has 0 aliphatic rings. The fourth-order valence-corrected chi connectivity index (χ4v) is 1.14. The van der Waals surface area contributed by atoms with Gasteiger partial charge >= 0.3 is 12.4 Å². The van der Waals surface area contributed by atoms with Crippen LogP contribution in [0.3, 0.4) is 0 Å². The molecule has 0 aromatic carbocycles. The lowest BCUT2D eigenvalue weighted by Crippen LogP contribution is -2.22. The molecule has 1 atom stereocenters. The summed E-state index contributed by atoms with van der Waals surface area (Å²) in [5.41, 5.74) is 5.21. The number of nitrogens with one attached hydrogen (secondary N) is 1. The van der Waals surface area contributed by atoms with Gasteiger partial charge in [-0.15, -0.1) is 0 Å². The number of halogens is 6. The van der Waals surface area contributed by atoms with Crippen LogP contribution in [0, 0.1) is 0 Å². The van der Waals surface area contributed by atoms with Gasteiger partial charge in [-0.2, -0.15) is 41.3 Å². The van der Waals surface area contributed by atoms with Gasteiger partial charge in [0.05, 0.1) is 6.42 Å². The standard InChI is InChI=1S/C9H11F6N5/c1-4(9(13,14)15)5-18-6(16)20-7(19-5)17-3-2-8(10,11)12/h4H,2-3H2,1H3,(H3,16,17,18,19,20). The van der Waals surface area contributed by atoms with Gasteiger partial charge in [-0.25, -0.2) is 0 Å². The monoisotopic (exact) mass is 303 g/mol. The second-order valence-electron chi connectivity index (χ2n) is 3.93. The minimum Gasteiger partial charge on any atom is -0.368 e. The molecule has 0 bridgehead atoms. The van der Waals surface area contributed by atoms with Crippen LogP contribution in [-0.4, -0.2) is 33.8 Å². The van der Waals surface area contributed by atoms with Gasteiger partial charge in [0.15, 0.2) is 0 Å². The molecule has 3 N–H and O–H groups in total. The first-order valence-corrected chi connectivity index (χ1v) is 5.38. The molecule has 0 spiro atoms. The van der Waals surface area contributed by atoms with E-state index in [4.69, 9.17) is 5.73 Å². The Morgan fingerprint density at radius 3 is 2.20 bits per heavy atom. The van der Waals surface area contributed by atoms with Crippen molar-refractivity contribution in [3.63, 3.8) is 0 Å². The van der Waals surface area contributed by atoms with Crippen LogP contribution in [0.5, 0.6) is 0 Å². The molecule has 0 aliphatic carbocycles. The van der Waals surface area contributed by atoms with Crippen LogP contribution >= 0.6 is 0 Å². The Kier molecular flexibility index (Phi) is 4.61. The maximum absolute atomic E-state index is 12.5. The van der Waals surface area contributed by atoms with Crippen LogP contribution in [0.25, 0.3) is 0 Å². The molecule has 114 valence electrons. The van der Waals surface area contributed by atoms with E-state index in [0.29, 0.717) is 0 Å². The molecule has 1 rings (SSSR count). The highest BCUT2D eigenvalue weighted by atomic mass is 19.4. The first-order chi connectivity index (χ1) is 8.99. The molecule has 0 saturated heterocycles. The summed E-state index contributed by atoms with van der Waals surface area (Å²) >= 11 is 0. The van der Waals surface area contributed by atoms with Gasteiger partial charge in [0, 0.05) is 6.54 Å². The highest BCUT2D eigenvalue weighted by molar-refractivity contribution is 5.31. The summed E-state index contributed by atoms with van der Waals surface area (Å²) in [4.78, 5) is 10.2. The quantitative estimate of drug-likeness (QED) is 0.836. The van der Waals surface area contributed by atoms with Gasteiger partial charge in [-0.1, -0.05) is 0 Å².